The van der Waals surface area contributed by atoms with Gasteiger partial charge in [0.05, 0.1) is 0 Å². The smallest absolute Gasteiger partial charge is 0.306 e. The van der Waals surface area contributed by atoms with Gasteiger partial charge in [-0.3, -0.25) is 14.4 Å². The van der Waals surface area contributed by atoms with Crippen LogP contribution in [0.25, 0.3) is 0 Å². The van der Waals surface area contributed by atoms with Gasteiger partial charge in [-0.1, -0.05) is 223 Å². The van der Waals surface area contributed by atoms with Crippen LogP contribution in [0.1, 0.15) is 271 Å². The van der Waals surface area contributed by atoms with Crippen molar-refractivity contribution in [2.24, 2.45) is 0 Å². The molecular formula is C56H100O6. The Kier molecular flexibility index (Phi) is 48.8. The first kappa shape index (κ1) is 59.4. The molecule has 1 unspecified atom stereocenters. The van der Waals surface area contributed by atoms with E-state index in [1.165, 1.54) is 128 Å². The second kappa shape index (κ2) is 51.0. The molecule has 6 heteroatoms. The normalized spacial score (nSPS) is 12.4. The molecule has 0 aromatic rings. The van der Waals surface area contributed by atoms with Crippen molar-refractivity contribution in [3.05, 3.63) is 48.6 Å². The summed E-state index contributed by atoms with van der Waals surface area (Å²) in [5.41, 5.74) is 0. The first-order chi connectivity index (χ1) is 30.5. The van der Waals surface area contributed by atoms with E-state index in [0.717, 1.165) is 103 Å². The summed E-state index contributed by atoms with van der Waals surface area (Å²) in [6.07, 6.45) is 60.9. The quantitative estimate of drug-likeness (QED) is 0.0262. The highest BCUT2D eigenvalue weighted by Crippen LogP contribution is 2.15. The molecule has 0 fully saturated rings. The van der Waals surface area contributed by atoms with Crippen LogP contribution in [0.4, 0.5) is 0 Å². The zero-order valence-corrected chi connectivity index (χ0v) is 41.1. The molecule has 0 rings (SSSR count). The Morgan fingerprint density at radius 2 is 0.597 bits per heavy atom. The molecule has 0 aliphatic heterocycles. The summed E-state index contributed by atoms with van der Waals surface area (Å²) < 4.78 is 16.8. The lowest BCUT2D eigenvalue weighted by molar-refractivity contribution is -0.167. The van der Waals surface area contributed by atoms with Crippen LogP contribution in [0.15, 0.2) is 48.6 Å². The minimum Gasteiger partial charge on any atom is -0.462 e. The largest absolute Gasteiger partial charge is 0.462 e. The molecule has 0 saturated carbocycles. The summed E-state index contributed by atoms with van der Waals surface area (Å²) in [6, 6.07) is 0. The molecule has 0 radical (unpaired) electrons. The third-order valence-electron chi connectivity index (χ3n) is 11.6. The van der Waals surface area contributed by atoms with E-state index in [-0.39, 0.29) is 31.1 Å². The second-order valence-electron chi connectivity index (χ2n) is 17.8. The Morgan fingerprint density at radius 3 is 0.952 bits per heavy atom. The van der Waals surface area contributed by atoms with Gasteiger partial charge in [-0.05, 0) is 77.0 Å². The number of carbonyl (C=O) groups is 3. The fourth-order valence-electron chi connectivity index (χ4n) is 7.49. The van der Waals surface area contributed by atoms with Crippen LogP contribution in [0.2, 0.25) is 0 Å². The van der Waals surface area contributed by atoms with Gasteiger partial charge in [0.15, 0.2) is 6.10 Å². The molecule has 0 amide bonds. The summed E-state index contributed by atoms with van der Waals surface area (Å²) in [5.74, 6) is -0.900. The SMILES string of the molecule is CCCC/C=C\C/C=C\CCCCCCCC(=O)OC(COC(=O)CCCCCCC/C=C\C/C=C\CCCCCC)COC(=O)CCCCCCCCCCCCCCCC. The molecule has 0 aliphatic rings. The van der Waals surface area contributed by atoms with Crippen LogP contribution in [-0.2, 0) is 28.6 Å². The molecule has 360 valence electrons. The van der Waals surface area contributed by atoms with Gasteiger partial charge in [-0.25, -0.2) is 0 Å². The summed E-state index contributed by atoms with van der Waals surface area (Å²) >= 11 is 0. The Bertz CT molecular complexity index is 1090. The Labute approximate surface area is 384 Å². The van der Waals surface area contributed by atoms with Gasteiger partial charge in [0.2, 0.25) is 0 Å². The third-order valence-corrected chi connectivity index (χ3v) is 11.6. The molecule has 0 spiro atoms. The van der Waals surface area contributed by atoms with E-state index in [0.29, 0.717) is 19.3 Å². The maximum atomic E-state index is 12.8. The monoisotopic (exact) mass is 869 g/mol. The summed E-state index contributed by atoms with van der Waals surface area (Å²) in [6.45, 7) is 6.57. The molecule has 0 aromatic carbocycles. The highest BCUT2D eigenvalue weighted by molar-refractivity contribution is 5.71. The standard InChI is InChI=1S/C56H100O6/c1-4-7-10-13-16-19-22-25-28-29-32-34-37-40-43-46-49-55(58)61-52-53(62-56(59)50-47-44-41-38-35-31-27-24-21-18-15-12-9-6-3)51-60-54(57)48-45-42-39-36-33-30-26-23-20-17-14-11-8-5-2/h15,18-19,22,24,27-29,53H,4-14,16-17,20-21,23,25-26,30-52H2,1-3H3/b18-15-,22-19-,27-24-,29-28-. The maximum Gasteiger partial charge on any atom is 0.306 e. The first-order valence-electron chi connectivity index (χ1n) is 26.6. The van der Waals surface area contributed by atoms with Crippen LogP contribution in [0.3, 0.4) is 0 Å². The number of hydrogen-bond donors (Lipinski definition) is 0. The number of allylic oxidation sites excluding steroid dienone is 8. The van der Waals surface area contributed by atoms with Crippen molar-refractivity contribution in [1.82, 2.24) is 0 Å². The van der Waals surface area contributed by atoms with Crippen LogP contribution in [0, 0.1) is 0 Å². The first-order valence-corrected chi connectivity index (χ1v) is 26.6. The Hall–Kier alpha value is -2.63. The molecule has 62 heavy (non-hydrogen) atoms. The van der Waals surface area contributed by atoms with E-state index in [1.807, 2.05) is 0 Å². The van der Waals surface area contributed by atoms with Gasteiger partial charge in [-0.15, -0.1) is 0 Å². The molecule has 0 bridgehead atoms. The summed E-state index contributed by atoms with van der Waals surface area (Å²) in [5, 5.41) is 0. The number of hydrogen-bond acceptors (Lipinski definition) is 6. The van der Waals surface area contributed by atoms with Gasteiger partial charge < -0.3 is 14.2 Å². The van der Waals surface area contributed by atoms with Crippen molar-refractivity contribution in [3.8, 4) is 0 Å². The zero-order valence-electron chi connectivity index (χ0n) is 41.1. The van der Waals surface area contributed by atoms with Gasteiger partial charge in [0.1, 0.15) is 13.2 Å². The average Bonchev–Trinajstić information content (AvgIpc) is 3.27. The van der Waals surface area contributed by atoms with E-state index >= 15 is 0 Å². The number of rotatable bonds is 48. The van der Waals surface area contributed by atoms with Gasteiger partial charge in [0, 0.05) is 19.3 Å². The number of ether oxygens (including phenoxy) is 3. The Balaban J connectivity index is 4.40. The lowest BCUT2D eigenvalue weighted by Crippen LogP contribution is -2.30. The maximum absolute atomic E-state index is 12.8. The number of unbranched alkanes of at least 4 members (excludes halogenated alkanes) is 29. The van der Waals surface area contributed by atoms with E-state index in [9.17, 15) is 14.4 Å². The Morgan fingerprint density at radius 1 is 0.323 bits per heavy atom. The fraction of sp³-hybridized carbons (Fsp3) is 0.804. The topological polar surface area (TPSA) is 78.9 Å². The second-order valence-corrected chi connectivity index (χ2v) is 17.8. The molecule has 0 aliphatic carbocycles. The van der Waals surface area contributed by atoms with E-state index < -0.39 is 6.10 Å². The molecule has 1 atom stereocenters. The highest BCUT2D eigenvalue weighted by Gasteiger charge is 2.19. The zero-order chi connectivity index (χ0) is 45.1. The van der Waals surface area contributed by atoms with Crippen molar-refractivity contribution >= 4 is 17.9 Å². The van der Waals surface area contributed by atoms with Crippen LogP contribution < -0.4 is 0 Å². The van der Waals surface area contributed by atoms with E-state index in [1.54, 1.807) is 0 Å². The summed E-state index contributed by atoms with van der Waals surface area (Å²) in [7, 11) is 0. The highest BCUT2D eigenvalue weighted by atomic mass is 16.6. The van der Waals surface area contributed by atoms with E-state index in [4.69, 9.17) is 14.2 Å². The van der Waals surface area contributed by atoms with Crippen LogP contribution >= 0.6 is 0 Å². The lowest BCUT2D eigenvalue weighted by Gasteiger charge is -2.18. The fourth-order valence-corrected chi connectivity index (χ4v) is 7.49. The average molecular weight is 869 g/mol. The minimum atomic E-state index is -0.783. The molecule has 6 nitrogen and oxygen atoms in total. The van der Waals surface area contributed by atoms with Crippen LogP contribution in [0.5, 0.6) is 0 Å². The predicted octanol–water partition coefficient (Wildman–Crippen LogP) is 17.5. The molecule has 0 N–H and O–H groups in total. The van der Waals surface area contributed by atoms with Gasteiger partial charge in [0.25, 0.3) is 0 Å². The minimum absolute atomic E-state index is 0.0811. The molecule has 0 saturated heterocycles. The van der Waals surface area contributed by atoms with Crippen molar-refractivity contribution < 1.29 is 28.6 Å². The van der Waals surface area contributed by atoms with E-state index in [2.05, 4.69) is 69.4 Å². The molecule has 0 heterocycles. The molecule has 0 aromatic heterocycles. The van der Waals surface area contributed by atoms with Crippen molar-refractivity contribution in [1.29, 1.82) is 0 Å². The summed E-state index contributed by atoms with van der Waals surface area (Å²) in [4.78, 5) is 38.0. The van der Waals surface area contributed by atoms with Crippen molar-refractivity contribution in [3.63, 3.8) is 0 Å². The third kappa shape index (κ3) is 48.4. The lowest BCUT2D eigenvalue weighted by atomic mass is 10.0. The molecular weight excluding hydrogens is 769 g/mol. The predicted molar refractivity (Wildman–Crippen MR) is 265 cm³/mol. The van der Waals surface area contributed by atoms with Crippen molar-refractivity contribution in [2.45, 2.75) is 277 Å². The van der Waals surface area contributed by atoms with Crippen molar-refractivity contribution in [2.75, 3.05) is 13.2 Å². The number of carbonyl (C=O) groups excluding carboxylic acids is 3. The van der Waals surface area contributed by atoms with Gasteiger partial charge in [-0.2, -0.15) is 0 Å². The number of esters is 3. The van der Waals surface area contributed by atoms with Gasteiger partial charge >= 0.3 is 17.9 Å². The van der Waals surface area contributed by atoms with Crippen LogP contribution in [-0.4, -0.2) is 37.2 Å².